The summed E-state index contributed by atoms with van der Waals surface area (Å²) >= 11 is 1.76. The largest absolute Gasteiger partial charge is 0.504 e. The first-order valence-electron chi connectivity index (χ1n) is 13.7. The molecule has 0 radical (unpaired) electrons. The number of phenolic OH excluding ortho intramolecular Hbond substituents is 1. The molecule has 2 unspecified atom stereocenters. The van der Waals surface area contributed by atoms with Gasteiger partial charge in [0.2, 0.25) is 17.7 Å². The zero-order chi connectivity index (χ0) is 32.0. The van der Waals surface area contributed by atoms with Gasteiger partial charge in [-0.1, -0.05) is 53.4 Å². The number of nitrogens with one attached hydrogen (secondary N) is 1. The number of nitrogens with zero attached hydrogens (tertiary/aromatic N) is 2. The number of thiazole rings is 1. The zero-order valence-electron chi connectivity index (χ0n) is 23.4. The first kappa shape index (κ1) is 30.5. The van der Waals surface area contributed by atoms with E-state index < -0.39 is 51.4 Å². The third-order valence-electron chi connectivity index (χ3n) is 7.48. The number of benzene rings is 3. The molecular formula is C31H24F3N3O6S2. The molecule has 4 aromatic rings. The zero-order valence-corrected chi connectivity index (χ0v) is 25.0. The van der Waals surface area contributed by atoms with Crippen LogP contribution < -0.4 is 19.8 Å². The molecule has 1 fully saturated rings. The molecule has 2 aliphatic heterocycles. The van der Waals surface area contributed by atoms with Crippen LogP contribution in [0.25, 0.3) is 0 Å². The molecule has 0 saturated carbocycles. The van der Waals surface area contributed by atoms with Crippen LogP contribution in [-0.4, -0.2) is 39.3 Å². The van der Waals surface area contributed by atoms with Crippen LogP contribution in [0.3, 0.4) is 0 Å². The van der Waals surface area contributed by atoms with Gasteiger partial charge in [0.25, 0.3) is 0 Å². The number of amides is 3. The van der Waals surface area contributed by atoms with E-state index in [1.165, 1.54) is 22.8 Å². The molecule has 1 saturated heterocycles. The van der Waals surface area contributed by atoms with Gasteiger partial charge in [-0.25, -0.2) is 4.90 Å². The number of hydrogen-bond acceptors (Lipinski definition) is 8. The van der Waals surface area contributed by atoms with Crippen LogP contribution in [0.4, 0.5) is 24.5 Å². The Morgan fingerprint density at radius 1 is 1.00 bits per heavy atom. The Morgan fingerprint density at radius 2 is 1.76 bits per heavy atom. The Morgan fingerprint density at radius 3 is 2.47 bits per heavy atom. The van der Waals surface area contributed by atoms with Gasteiger partial charge in [-0.2, -0.15) is 13.2 Å². The number of imide groups is 1. The van der Waals surface area contributed by atoms with Crippen LogP contribution in [0, 0.1) is 5.92 Å². The Balaban J connectivity index is 1.45. The summed E-state index contributed by atoms with van der Waals surface area (Å²) in [6.45, 7) is 1.56. The summed E-state index contributed by atoms with van der Waals surface area (Å²) in [5, 5.41) is 12.3. The van der Waals surface area contributed by atoms with Gasteiger partial charge in [0.1, 0.15) is 11.8 Å². The van der Waals surface area contributed by atoms with Gasteiger partial charge in [-0.15, -0.1) is 0 Å². The number of para-hydroxylation sites is 1. The van der Waals surface area contributed by atoms with Crippen LogP contribution in [0.1, 0.15) is 28.8 Å². The van der Waals surface area contributed by atoms with Crippen molar-refractivity contribution < 1.29 is 37.4 Å². The Hall–Kier alpha value is -4.56. The fourth-order valence-electron chi connectivity index (χ4n) is 5.55. The van der Waals surface area contributed by atoms with Crippen LogP contribution >= 0.6 is 23.1 Å². The highest BCUT2D eigenvalue weighted by Crippen LogP contribution is 2.54. The molecule has 0 spiro atoms. The predicted octanol–water partition coefficient (Wildman–Crippen LogP) is 5.47. The number of thioether (sulfide) groups is 1. The van der Waals surface area contributed by atoms with Crippen molar-refractivity contribution in [1.82, 2.24) is 4.57 Å². The summed E-state index contributed by atoms with van der Waals surface area (Å²) in [6, 6.07) is 17.0. The van der Waals surface area contributed by atoms with Gasteiger partial charge in [-0.05, 0) is 55.0 Å². The summed E-state index contributed by atoms with van der Waals surface area (Å²) in [7, 11) is 0. The van der Waals surface area contributed by atoms with Gasteiger partial charge in [0.05, 0.1) is 28.8 Å². The molecule has 3 amide bonds. The van der Waals surface area contributed by atoms with E-state index in [2.05, 4.69) is 5.32 Å². The van der Waals surface area contributed by atoms with Crippen molar-refractivity contribution in [1.29, 1.82) is 0 Å². The first-order valence-corrected chi connectivity index (χ1v) is 15.4. The minimum Gasteiger partial charge on any atom is -0.504 e. The molecule has 9 nitrogen and oxygen atoms in total. The summed E-state index contributed by atoms with van der Waals surface area (Å²) in [5.41, 5.74) is -0.276. The normalized spacial score (nSPS) is 19.3. The Kier molecular flexibility index (Phi) is 7.95. The molecule has 2 aliphatic rings. The lowest BCUT2D eigenvalue weighted by atomic mass is 9.83. The van der Waals surface area contributed by atoms with Crippen molar-refractivity contribution in [3.63, 3.8) is 0 Å². The van der Waals surface area contributed by atoms with E-state index in [0.29, 0.717) is 21.2 Å². The number of carbonyl (C=O) groups is 3. The van der Waals surface area contributed by atoms with Gasteiger partial charge in [0.15, 0.2) is 11.5 Å². The molecular weight excluding hydrogens is 631 g/mol. The van der Waals surface area contributed by atoms with Crippen molar-refractivity contribution in [2.45, 2.75) is 35.8 Å². The molecule has 0 aliphatic carbocycles. The summed E-state index contributed by atoms with van der Waals surface area (Å²) < 4.78 is 47.4. The van der Waals surface area contributed by atoms with Crippen LogP contribution in [0.2, 0.25) is 0 Å². The molecule has 232 valence electrons. The number of hydrogen-bond donors (Lipinski definition) is 2. The van der Waals surface area contributed by atoms with E-state index in [0.717, 1.165) is 46.2 Å². The number of rotatable bonds is 7. The monoisotopic (exact) mass is 655 g/mol. The maximum Gasteiger partial charge on any atom is 0.416 e. The van der Waals surface area contributed by atoms with Crippen molar-refractivity contribution >= 4 is 52.2 Å². The highest BCUT2D eigenvalue weighted by molar-refractivity contribution is 8.00. The number of aromatic nitrogens is 1. The van der Waals surface area contributed by atoms with E-state index in [9.17, 15) is 37.5 Å². The van der Waals surface area contributed by atoms with Crippen LogP contribution in [0.15, 0.2) is 82.6 Å². The highest BCUT2D eigenvalue weighted by atomic mass is 32.2. The van der Waals surface area contributed by atoms with Crippen molar-refractivity contribution in [3.8, 4) is 11.5 Å². The maximum atomic E-state index is 14.0. The molecule has 3 heterocycles. The molecule has 2 N–H and O–H groups in total. The molecule has 45 heavy (non-hydrogen) atoms. The van der Waals surface area contributed by atoms with E-state index in [1.54, 1.807) is 43.3 Å². The molecule has 3 aromatic carbocycles. The number of anilines is 2. The average Bonchev–Trinajstić information content (AvgIpc) is 3.44. The lowest BCUT2D eigenvalue weighted by molar-refractivity contribution is -0.137. The fourth-order valence-corrected chi connectivity index (χ4v) is 8.32. The Labute approximate surface area is 262 Å². The Bertz CT molecular complexity index is 1870. The molecule has 1 aromatic heterocycles. The van der Waals surface area contributed by atoms with Crippen molar-refractivity contribution in [2.75, 3.05) is 16.8 Å². The van der Waals surface area contributed by atoms with E-state index in [4.69, 9.17) is 4.74 Å². The van der Waals surface area contributed by atoms with Crippen LogP contribution in [0.5, 0.6) is 11.5 Å². The van der Waals surface area contributed by atoms with Crippen molar-refractivity contribution in [3.05, 3.63) is 98.5 Å². The number of fused-ring (bicyclic) bond motifs is 2. The van der Waals surface area contributed by atoms with Gasteiger partial charge >= 0.3 is 11.0 Å². The summed E-state index contributed by atoms with van der Waals surface area (Å²) in [5.74, 6) is -4.02. The highest BCUT2D eigenvalue weighted by Gasteiger charge is 2.57. The van der Waals surface area contributed by atoms with E-state index in [1.807, 2.05) is 0 Å². The SMILES string of the molecule is CCOc1cc([C@@H]2c3sc(=O)n(CC(=O)Nc4ccccc4)c3SC3C(=O)N(c4cccc(C(F)(F)F)c4)C(=O)C32)ccc1O. The average molecular weight is 656 g/mol. The van der Waals surface area contributed by atoms with Crippen molar-refractivity contribution in [2.24, 2.45) is 5.92 Å². The maximum absolute atomic E-state index is 14.0. The molecule has 14 heteroatoms. The second kappa shape index (κ2) is 11.7. The van der Waals surface area contributed by atoms with E-state index in [-0.39, 0.29) is 30.3 Å². The standard InChI is InChI=1S/C31H24F3N3O6S2/c1-2-43-21-13-16(11-12-20(21)38)23-24-25(28(41)37(27(24)40)19-10-6-7-17(14-19)31(32,33)34)44-29-26(23)45-30(42)36(29)15-22(39)35-18-8-4-3-5-9-18/h3-14,23-25,38H,2,15H2,1H3,(H,35,39)/t23-,24?,25?/m0/s1. The topological polar surface area (TPSA) is 118 Å². The molecule has 0 bridgehead atoms. The number of aromatic hydroxyl groups is 1. The number of halogens is 3. The smallest absolute Gasteiger partial charge is 0.416 e. The number of carbonyl (C=O) groups excluding carboxylic acids is 3. The van der Waals surface area contributed by atoms with Gasteiger partial charge in [-0.3, -0.25) is 23.7 Å². The second-order valence-corrected chi connectivity index (χ2v) is 12.4. The minimum atomic E-state index is -4.70. The number of alkyl halides is 3. The lowest BCUT2D eigenvalue weighted by Crippen LogP contribution is -2.33. The van der Waals surface area contributed by atoms with Gasteiger partial charge < -0.3 is 15.2 Å². The summed E-state index contributed by atoms with van der Waals surface area (Å²) in [4.78, 5) is 54.9. The number of phenols is 1. The minimum absolute atomic E-state index is 0.117. The molecule has 6 rings (SSSR count). The third-order valence-corrected chi connectivity index (χ3v) is 10.1. The predicted molar refractivity (Wildman–Crippen MR) is 162 cm³/mol. The second-order valence-electron chi connectivity index (χ2n) is 10.3. The summed E-state index contributed by atoms with van der Waals surface area (Å²) in [6.07, 6.45) is -4.70. The number of ether oxygens (including phenoxy) is 1. The van der Waals surface area contributed by atoms with Crippen LogP contribution in [-0.2, 0) is 27.1 Å². The third kappa shape index (κ3) is 5.59. The quantitative estimate of drug-likeness (QED) is 0.254. The lowest BCUT2D eigenvalue weighted by Gasteiger charge is -2.31. The molecule has 3 atom stereocenters. The first-order chi connectivity index (χ1) is 21.5. The van der Waals surface area contributed by atoms with E-state index >= 15 is 0 Å². The fraction of sp³-hybridized carbons (Fsp3) is 0.226. The van der Waals surface area contributed by atoms with Gasteiger partial charge in [0, 0.05) is 16.5 Å².